The normalized spacial score (nSPS) is 10.8. The molecule has 0 spiro atoms. The summed E-state index contributed by atoms with van der Waals surface area (Å²) in [6.45, 7) is 0. The van der Waals surface area contributed by atoms with Crippen molar-refractivity contribution >= 4 is 22.7 Å². The van der Waals surface area contributed by atoms with E-state index in [1.807, 2.05) is 30.5 Å². The van der Waals surface area contributed by atoms with Crippen LogP contribution in [0.25, 0.3) is 22.4 Å². The largest absolute Gasteiger partial charge is 0.411 e. The number of rotatable bonds is 5. The van der Waals surface area contributed by atoms with Gasteiger partial charge in [0.1, 0.15) is 0 Å². The number of hydrogen-bond donors (Lipinski definition) is 1. The van der Waals surface area contributed by atoms with Gasteiger partial charge in [0, 0.05) is 29.3 Å². The number of nitriles is 1. The predicted molar refractivity (Wildman–Crippen MR) is 77.2 cm³/mol. The molecule has 2 heterocycles. The van der Waals surface area contributed by atoms with Gasteiger partial charge in [0.2, 0.25) is 0 Å². The molecule has 0 aliphatic rings. The Labute approximate surface area is 120 Å². The third-order valence-electron chi connectivity index (χ3n) is 2.88. The van der Waals surface area contributed by atoms with Crippen LogP contribution in [-0.2, 0) is 0 Å². The third kappa shape index (κ3) is 2.53. The minimum absolute atomic E-state index is 0.519. The number of hydrogen-bond acceptors (Lipinski definition) is 5. The van der Waals surface area contributed by atoms with Gasteiger partial charge in [0.15, 0.2) is 0 Å². The molecule has 6 heteroatoms. The Kier molecular flexibility index (Phi) is 3.70. The highest BCUT2D eigenvalue weighted by atomic mass is 32.2. The highest BCUT2D eigenvalue weighted by molar-refractivity contribution is 7.99. The summed E-state index contributed by atoms with van der Waals surface area (Å²) < 4.78 is 5.65. The molecule has 0 aliphatic carbocycles. The van der Waals surface area contributed by atoms with Gasteiger partial charge in [-0.05, 0) is 12.5 Å². The molecule has 0 atom stereocenters. The van der Waals surface area contributed by atoms with Crippen LogP contribution >= 0.6 is 11.8 Å². The number of fused-ring (bicyclic) bond motifs is 1. The van der Waals surface area contributed by atoms with E-state index in [0.29, 0.717) is 17.5 Å². The first-order valence-corrected chi connectivity index (χ1v) is 7.27. The summed E-state index contributed by atoms with van der Waals surface area (Å²) in [6.07, 6.45) is 3.25. The summed E-state index contributed by atoms with van der Waals surface area (Å²) in [5, 5.41) is 18.2. The van der Waals surface area contributed by atoms with Crippen molar-refractivity contribution in [3.8, 4) is 17.5 Å². The first kappa shape index (κ1) is 12.8. The summed E-state index contributed by atoms with van der Waals surface area (Å²) in [5.41, 5.74) is 1.96. The number of unbranched alkanes of at least 4 members (excludes halogenated alkanes) is 1. The van der Waals surface area contributed by atoms with Gasteiger partial charge < -0.3 is 9.40 Å². The zero-order chi connectivity index (χ0) is 13.8. The Balaban J connectivity index is 1.78. The fourth-order valence-corrected chi connectivity index (χ4v) is 2.64. The lowest BCUT2D eigenvalue weighted by atomic mass is 10.2. The van der Waals surface area contributed by atoms with Crippen LogP contribution in [0.2, 0.25) is 0 Å². The molecule has 20 heavy (non-hydrogen) atoms. The third-order valence-corrected chi connectivity index (χ3v) is 3.79. The average molecular weight is 284 g/mol. The molecule has 0 fully saturated rings. The Hall–Kier alpha value is -2.26. The van der Waals surface area contributed by atoms with E-state index in [4.69, 9.17) is 9.68 Å². The maximum atomic E-state index is 8.48. The summed E-state index contributed by atoms with van der Waals surface area (Å²) in [4.78, 5) is 3.19. The van der Waals surface area contributed by atoms with Crippen LogP contribution in [0.3, 0.4) is 0 Å². The minimum Gasteiger partial charge on any atom is -0.411 e. The van der Waals surface area contributed by atoms with Gasteiger partial charge in [-0.3, -0.25) is 0 Å². The number of thioether (sulfide) groups is 1. The van der Waals surface area contributed by atoms with E-state index in [1.165, 1.54) is 11.8 Å². The van der Waals surface area contributed by atoms with Gasteiger partial charge in [-0.1, -0.05) is 30.0 Å². The molecule has 0 bridgehead atoms. The van der Waals surface area contributed by atoms with Crippen molar-refractivity contribution in [2.75, 3.05) is 5.75 Å². The molecule has 3 aromatic rings. The Bertz CT molecular complexity index is 756. The summed E-state index contributed by atoms with van der Waals surface area (Å²) in [6, 6.07) is 10.1. The number of H-pyrrole nitrogens is 1. The molecular weight excluding hydrogens is 272 g/mol. The van der Waals surface area contributed by atoms with Gasteiger partial charge in [-0.25, -0.2) is 0 Å². The van der Waals surface area contributed by atoms with Crippen molar-refractivity contribution in [3.05, 3.63) is 30.5 Å². The lowest BCUT2D eigenvalue weighted by molar-refractivity contribution is 0.466. The Morgan fingerprint density at radius 2 is 2.20 bits per heavy atom. The maximum absolute atomic E-state index is 8.48. The molecule has 0 saturated heterocycles. The SMILES string of the molecule is N#CCCCSc1nnc(-c2c[nH]c3ccccc23)o1. The number of nitrogens with zero attached hydrogens (tertiary/aromatic N) is 3. The van der Waals surface area contributed by atoms with Crippen LogP contribution in [0.15, 0.2) is 40.1 Å². The lowest BCUT2D eigenvalue weighted by Crippen LogP contribution is -1.78. The van der Waals surface area contributed by atoms with Gasteiger partial charge in [-0.15, -0.1) is 10.2 Å². The first-order valence-electron chi connectivity index (χ1n) is 6.28. The molecule has 0 aliphatic heterocycles. The topological polar surface area (TPSA) is 78.5 Å². The highest BCUT2D eigenvalue weighted by Crippen LogP contribution is 2.29. The summed E-state index contributed by atoms with van der Waals surface area (Å²) in [7, 11) is 0. The van der Waals surface area contributed by atoms with Crippen LogP contribution in [0.4, 0.5) is 0 Å². The van der Waals surface area contributed by atoms with Gasteiger partial charge in [0.25, 0.3) is 11.1 Å². The molecular formula is C14H12N4OS. The fourth-order valence-electron chi connectivity index (χ4n) is 1.94. The van der Waals surface area contributed by atoms with Crippen LogP contribution in [0, 0.1) is 11.3 Å². The second kappa shape index (κ2) is 5.80. The van der Waals surface area contributed by atoms with Gasteiger partial charge >= 0.3 is 0 Å². The van der Waals surface area contributed by atoms with Crippen molar-refractivity contribution in [3.63, 3.8) is 0 Å². The molecule has 1 aromatic carbocycles. The molecule has 3 rings (SSSR count). The van der Waals surface area contributed by atoms with Crippen molar-refractivity contribution in [1.29, 1.82) is 5.26 Å². The lowest BCUT2D eigenvalue weighted by Gasteiger charge is -1.93. The van der Waals surface area contributed by atoms with E-state index in [1.54, 1.807) is 0 Å². The summed E-state index contributed by atoms with van der Waals surface area (Å²) in [5.74, 6) is 1.33. The molecule has 2 aromatic heterocycles. The standard InChI is InChI=1S/C14H12N4OS/c15-7-3-4-8-20-14-18-17-13(19-14)11-9-16-12-6-2-1-5-10(11)12/h1-2,5-6,9,16H,3-4,8H2. The molecule has 0 saturated carbocycles. The molecule has 0 amide bonds. The predicted octanol–water partition coefficient (Wildman–Crippen LogP) is 3.61. The Morgan fingerprint density at radius 1 is 1.30 bits per heavy atom. The molecule has 5 nitrogen and oxygen atoms in total. The quantitative estimate of drug-likeness (QED) is 0.572. The van der Waals surface area contributed by atoms with E-state index in [-0.39, 0.29) is 0 Å². The van der Waals surface area contributed by atoms with Gasteiger partial charge in [-0.2, -0.15) is 5.26 Å². The fraction of sp³-hybridized carbons (Fsp3) is 0.214. The van der Waals surface area contributed by atoms with Gasteiger partial charge in [0.05, 0.1) is 11.6 Å². The first-order chi connectivity index (χ1) is 9.88. The van der Waals surface area contributed by atoms with Crippen LogP contribution in [0.5, 0.6) is 0 Å². The number of aromatic amines is 1. The summed E-state index contributed by atoms with van der Waals surface area (Å²) >= 11 is 1.48. The molecule has 0 radical (unpaired) electrons. The van der Waals surface area contributed by atoms with Crippen LogP contribution in [0.1, 0.15) is 12.8 Å². The number of benzene rings is 1. The highest BCUT2D eigenvalue weighted by Gasteiger charge is 2.13. The molecule has 1 N–H and O–H groups in total. The zero-order valence-electron chi connectivity index (χ0n) is 10.7. The number of nitrogens with one attached hydrogen (secondary N) is 1. The van der Waals surface area contributed by atoms with E-state index in [9.17, 15) is 0 Å². The van der Waals surface area contributed by atoms with Crippen molar-refractivity contribution < 1.29 is 4.42 Å². The number of para-hydroxylation sites is 1. The monoisotopic (exact) mass is 284 g/mol. The van der Waals surface area contributed by atoms with Crippen molar-refractivity contribution in [2.24, 2.45) is 0 Å². The number of aromatic nitrogens is 3. The van der Waals surface area contributed by atoms with Crippen molar-refractivity contribution in [1.82, 2.24) is 15.2 Å². The van der Waals surface area contributed by atoms with E-state index < -0.39 is 0 Å². The van der Waals surface area contributed by atoms with E-state index >= 15 is 0 Å². The second-order valence-corrected chi connectivity index (χ2v) is 5.28. The molecule has 0 unspecified atom stereocenters. The van der Waals surface area contributed by atoms with Crippen molar-refractivity contribution in [2.45, 2.75) is 18.1 Å². The maximum Gasteiger partial charge on any atom is 0.276 e. The Morgan fingerprint density at radius 3 is 3.10 bits per heavy atom. The van der Waals surface area contributed by atoms with E-state index in [2.05, 4.69) is 21.3 Å². The van der Waals surface area contributed by atoms with Crippen LogP contribution in [-0.4, -0.2) is 20.9 Å². The minimum atomic E-state index is 0.519. The van der Waals surface area contributed by atoms with E-state index in [0.717, 1.165) is 28.6 Å². The van der Waals surface area contributed by atoms with Crippen LogP contribution < -0.4 is 0 Å². The molecule has 100 valence electrons. The zero-order valence-corrected chi connectivity index (χ0v) is 11.5. The smallest absolute Gasteiger partial charge is 0.276 e. The average Bonchev–Trinajstić information content (AvgIpc) is 3.10. The second-order valence-electron chi connectivity index (χ2n) is 4.23.